The smallest absolute Gasteiger partial charge is 0.143 e. The first-order valence-electron chi connectivity index (χ1n) is 7.28. The van der Waals surface area contributed by atoms with Crippen LogP contribution in [0.2, 0.25) is 0 Å². The van der Waals surface area contributed by atoms with E-state index in [4.69, 9.17) is 10.00 Å². The van der Waals surface area contributed by atoms with Crippen LogP contribution in [0.1, 0.15) is 19.4 Å². The molecule has 0 N–H and O–H groups in total. The minimum atomic E-state index is -0.463. The van der Waals surface area contributed by atoms with Crippen molar-refractivity contribution in [2.24, 2.45) is 0 Å². The third-order valence-corrected chi connectivity index (χ3v) is 3.76. The molecule has 1 aliphatic heterocycles. The molecule has 0 aromatic heterocycles. The van der Waals surface area contributed by atoms with Crippen LogP contribution in [-0.4, -0.2) is 50.3 Å². The Balaban J connectivity index is 1.98. The maximum absolute atomic E-state index is 13.6. The molecule has 1 aromatic rings. The van der Waals surface area contributed by atoms with Crippen LogP contribution in [0.25, 0.3) is 0 Å². The SMILES string of the molecule is C[C@@H]1CN(CCN(C)c2cccc(F)c2C#N)C[C@H](C)O1. The summed E-state index contributed by atoms with van der Waals surface area (Å²) >= 11 is 0. The molecule has 0 unspecified atom stereocenters. The van der Waals surface area contributed by atoms with Crippen LogP contribution in [0.15, 0.2) is 18.2 Å². The molecule has 1 saturated heterocycles. The second kappa shape index (κ2) is 6.88. The van der Waals surface area contributed by atoms with E-state index in [9.17, 15) is 4.39 Å². The van der Waals surface area contributed by atoms with E-state index >= 15 is 0 Å². The Hall–Kier alpha value is -1.64. The van der Waals surface area contributed by atoms with E-state index in [1.54, 1.807) is 12.1 Å². The zero-order valence-corrected chi connectivity index (χ0v) is 12.8. The Labute approximate surface area is 125 Å². The molecular formula is C16H22FN3O. The van der Waals surface area contributed by atoms with Gasteiger partial charge in [-0.3, -0.25) is 4.90 Å². The van der Waals surface area contributed by atoms with Gasteiger partial charge in [0.1, 0.15) is 17.4 Å². The van der Waals surface area contributed by atoms with Crippen LogP contribution in [-0.2, 0) is 4.74 Å². The number of benzene rings is 1. The predicted molar refractivity (Wildman–Crippen MR) is 80.8 cm³/mol. The van der Waals surface area contributed by atoms with Crippen LogP contribution in [0.5, 0.6) is 0 Å². The number of nitrogens with zero attached hydrogens (tertiary/aromatic N) is 3. The lowest BCUT2D eigenvalue weighted by atomic mass is 10.1. The number of anilines is 1. The summed E-state index contributed by atoms with van der Waals surface area (Å²) in [5.74, 6) is -0.463. The second-order valence-electron chi connectivity index (χ2n) is 5.68. The fraction of sp³-hybridized carbons (Fsp3) is 0.562. The Morgan fingerprint density at radius 1 is 1.38 bits per heavy atom. The summed E-state index contributed by atoms with van der Waals surface area (Å²) in [5.41, 5.74) is 0.760. The highest BCUT2D eigenvalue weighted by molar-refractivity contribution is 5.59. The minimum Gasteiger partial charge on any atom is -0.373 e. The summed E-state index contributed by atoms with van der Waals surface area (Å²) in [4.78, 5) is 4.28. The van der Waals surface area contributed by atoms with Gasteiger partial charge in [0, 0.05) is 33.2 Å². The first-order chi connectivity index (χ1) is 10.0. The Kier molecular flexibility index (Phi) is 5.16. The molecule has 1 aliphatic rings. The fourth-order valence-corrected chi connectivity index (χ4v) is 2.82. The molecule has 2 atom stereocenters. The van der Waals surface area contributed by atoms with Crippen molar-refractivity contribution in [2.75, 3.05) is 38.1 Å². The monoisotopic (exact) mass is 291 g/mol. The van der Waals surface area contributed by atoms with Crippen LogP contribution >= 0.6 is 0 Å². The molecule has 1 aromatic carbocycles. The number of nitriles is 1. The van der Waals surface area contributed by atoms with Crippen molar-refractivity contribution in [3.8, 4) is 6.07 Å². The standard InChI is InChI=1S/C16H22FN3O/c1-12-10-20(11-13(2)21-12)8-7-19(3)16-6-4-5-15(17)14(16)9-18/h4-6,12-13H,7-8,10-11H2,1-3H3/t12-,13+. The van der Waals surface area contributed by atoms with Gasteiger partial charge in [0.15, 0.2) is 0 Å². The summed E-state index contributed by atoms with van der Waals surface area (Å²) in [6.45, 7) is 7.59. The maximum Gasteiger partial charge on any atom is 0.143 e. The van der Waals surface area contributed by atoms with E-state index in [-0.39, 0.29) is 17.8 Å². The first kappa shape index (κ1) is 15.7. The predicted octanol–water partition coefficient (Wildman–Crippen LogP) is 2.24. The number of hydrogen-bond donors (Lipinski definition) is 0. The summed E-state index contributed by atoms with van der Waals surface area (Å²) < 4.78 is 19.3. The first-order valence-corrected chi connectivity index (χ1v) is 7.28. The van der Waals surface area contributed by atoms with E-state index in [2.05, 4.69) is 18.7 Å². The highest BCUT2D eigenvalue weighted by Gasteiger charge is 2.22. The molecule has 1 heterocycles. The van der Waals surface area contributed by atoms with Crippen molar-refractivity contribution in [1.29, 1.82) is 5.26 Å². The van der Waals surface area contributed by atoms with Gasteiger partial charge in [0.2, 0.25) is 0 Å². The third kappa shape index (κ3) is 3.93. The van der Waals surface area contributed by atoms with Crippen molar-refractivity contribution in [2.45, 2.75) is 26.1 Å². The van der Waals surface area contributed by atoms with Gasteiger partial charge < -0.3 is 9.64 Å². The highest BCUT2D eigenvalue weighted by Crippen LogP contribution is 2.21. The van der Waals surface area contributed by atoms with Crippen LogP contribution < -0.4 is 4.90 Å². The zero-order valence-electron chi connectivity index (χ0n) is 12.8. The largest absolute Gasteiger partial charge is 0.373 e. The molecule has 0 aliphatic carbocycles. The zero-order chi connectivity index (χ0) is 15.4. The molecular weight excluding hydrogens is 269 g/mol. The quantitative estimate of drug-likeness (QED) is 0.853. The van der Waals surface area contributed by atoms with E-state index < -0.39 is 5.82 Å². The average molecular weight is 291 g/mol. The summed E-state index contributed by atoms with van der Waals surface area (Å²) in [7, 11) is 1.89. The second-order valence-corrected chi connectivity index (χ2v) is 5.68. The molecule has 0 bridgehead atoms. The number of morpholine rings is 1. The third-order valence-electron chi connectivity index (χ3n) is 3.76. The maximum atomic E-state index is 13.6. The van der Waals surface area contributed by atoms with Crippen LogP contribution in [0.4, 0.5) is 10.1 Å². The summed E-state index contributed by atoms with van der Waals surface area (Å²) in [6, 6.07) is 6.69. The van der Waals surface area contributed by atoms with Gasteiger partial charge >= 0.3 is 0 Å². The average Bonchev–Trinajstić information content (AvgIpc) is 2.43. The van der Waals surface area contributed by atoms with Crippen molar-refractivity contribution in [3.63, 3.8) is 0 Å². The lowest BCUT2D eigenvalue weighted by molar-refractivity contribution is -0.0670. The Bertz CT molecular complexity index is 519. The topological polar surface area (TPSA) is 39.5 Å². The Morgan fingerprint density at radius 3 is 2.67 bits per heavy atom. The van der Waals surface area contributed by atoms with Gasteiger partial charge in [-0.05, 0) is 26.0 Å². The molecule has 0 saturated carbocycles. The van der Waals surface area contributed by atoms with E-state index in [1.807, 2.05) is 18.0 Å². The normalized spacial score (nSPS) is 22.8. The number of halogens is 1. The van der Waals surface area contributed by atoms with E-state index in [1.165, 1.54) is 6.07 Å². The molecule has 114 valence electrons. The van der Waals surface area contributed by atoms with Gasteiger partial charge in [-0.15, -0.1) is 0 Å². The van der Waals surface area contributed by atoms with Crippen molar-refractivity contribution in [1.82, 2.24) is 4.90 Å². The fourth-order valence-electron chi connectivity index (χ4n) is 2.82. The lowest BCUT2D eigenvalue weighted by Gasteiger charge is -2.36. The Morgan fingerprint density at radius 2 is 2.05 bits per heavy atom. The molecule has 4 nitrogen and oxygen atoms in total. The summed E-state index contributed by atoms with van der Waals surface area (Å²) in [5, 5.41) is 9.09. The number of likely N-dealkylation sites (N-methyl/N-ethyl adjacent to an activating group) is 1. The van der Waals surface area contributed by atoms with Crippen LogP contribution in [0, 0.1) is 17.1 Å². The van der Waals surface area contributed by atoms with Crippen molar-refractivity contribution < 1.29 is 9.13 Å². The lowest BCUT2D eigenvalue weighted by Crippen LogP contribution is -2.47. The minimum absolute atomic E-state index is 0.115. The number of hydrogen-bond acceptors (Lipinski definition) is 4. The van der Waals surface area contributed by atoms with Gasteiger partial charge in [-0.25, -0.2) is 4.39 Å². The van der Waals surface area contributed by atoms with Crippen molar-refractivity contribution >= 4 is 5.69 Å². The van der Waals surface area contributed by atoms with E-state index in [0.29, 0.717) is 5.69 Å². The highest BCUT2D eigenvalue weighted by atomic mass is 19.1. The molecule has 0 radical (unpaired) electrons. The molecule has 1 fully saturated rings. The molecule has 21 heavy (non-hydrogen) atoms. The van der Waals surface area contributed by atoms with Gasteiger partial charge in [0.25, 0.3) is 0 Å². The summed E-state index contributed by atoms with van der Waals surface area (Å²) in [6.07, 6.45) is 0.478. The van der Waals surface area contributed by atoms with Gasteiger partial charge in [0.05, 0.1) is 17.9 Å². The molecule has 0 amide bonds. The van der Waals surface area contributed by atoms with Gasteiger partial charge in [-0.2, -0.15) is 5.26 Å². The van der Waals surface area contributed by atoms with Gasteiger partial charge in [-0.1, -0.05) is 6.07 Å². The number of rotatable bonds is 4. The van der Waals surface area contributed by atoms with E-state index in [0.717, 1.165) is 26.2 Å². The molecule has 2 rings (SSSR count). The number of ether oxygens (including phenoxy) is 1. The van der Waals surface area contributed by atoms with Crippen molar-refractivity contribution in [3.05, 3.63) is 29.6 Å². The molecule has 5 heteroatoms. The molecule has 0 spiro atoms. The van der Waals surface area contributed by atoms with Crippen LogP contribution in [0.3, 0.4) is 0 Å².